The number of carbonyl (C=O) groups is 1. The van der Waals surface area contributed by atoms with E-state index in [0.717, 1.165) is 11.3 Å². The number of aliphatic hydroxyl groups is 1. The van der Waals surface area contributed by atoms with Gasteiger partial charge < -0.3 is 24.5 Å². The second-order valence-corrected chi connectivity index (χ2v) is 6.37. The van der Waals surface area contributed by atoms with Crippen molar-refractivity contribution in [1.29, 1.82) is 0 Å². The highest BCUT2D eigenvalue weighted by molar-refractivity contribution is 5.89. The molecule has 6 nitrogen and oxygen atoms in total. The van der Waals surface area contributed by atoms with Crippen molar-refractivity contribution in [3.05, 3.63) is 54.0 Å². The van der Waals surface area contributed by atoms with Crippen LogP contribution in [0.2, 0.25) is 0 Å². The molecule has 0 aliphatic rings. The molecule has 0 saturated heterocycles. The minimum absolute atomic E-state index is 0.241. The van der Waals surface area contributed by atoms with Gasteiger partial charge in [0.1, 0.15) is 12.4 Å². The van der Waals surface area contributed by atoms with E-state index in [2.05, 4.69) is 5.32 Å². The number of hydrogen-bond donors (Lipinski definition) is 2. The van der Waals surface area contributed by atoms with Crippen LogP contribution in [-0.2, 0) is 18.0 Å². The van der Waals surface area contributed by atoms with Crippen LogP contribution in [0.25, 0.3) is 0 Å². The summed E-state index contributed by atoms with van der Waals surface area (Å²) in [7, 11) is 1.64. The molecule has 6 heteroatoms. The molecule has 1 aromatic carbocycles. The van der Waals surface area contributed by atoms with Gasteiger partial charge in [-0.25, -0.2) is 4.79 Å². The van der Waals surface area contributed by atoms with Gasteiger partial charge in [0.25, 0.3) is 0 Å². The van der Waals surface area contributed by atoms with Crippen molar-refractivity contribution in [3.63, 3.8) is 0 Å². The summed E-state index contributed by atoms with van der Waals surface area (Å²) in [6, 6.07) is 10.9. The number of carbonyl (C=O) groups excluding carboxylic acids is 1. The Morgan fingerprint density at radius 3 is 2.75 bits per heavy atom. The minimum atomic E-state index is -0.937. The van der Waals surface area contributed by atoms with E-state index in [9.17, 15) is 9.90 Å². The van der Waals surface area contributed by atoms with Crippen molar-refractivity contribution in [2.24, 2.45) is 0 Å². The molecule has 0 unspecified atom stereocenters. The molecule has 2 N–H and O–H groups in total. The highest BCUT2D eigenvalue weighted by Gasteiger charge is 2.19. The summed E-state index contributed by atoms with van der Waals surface area (Å²) in [6.45, 7) is 4.38. The molecule has 0 aliphatic heterocycles. The van der Waals surface area contributed by atoms with Gasteiger partial charge in [-0.2, -0.15) is 0 Å². The quantitative estimate of drug-likeness (QED) is 0.816. The Bertz CT molecular complexity index is 647. The molecule has 2 amide bonds. The van der Waals surface area contributed by atoms with E-state index in [4.69, 9.17) is 9.15 Å². The summed E-state index contributed by atoms with van der Waals surface area (Å²) in [5.41, 5.74) is 0.694. The maximum atomic E-state index is 12.1. The van der Waals surface area contributed by atoms with Crippen molar-refractivity contribution in [3.8, 4) is 0 Å². The first-order valence-corrected chi connectivity index (χ1v) is 7.77. The van der Waals surface area contributed by atoms with Crippen molar-refractivity contribution < 1.29 is 19.1 Å². The number of ether oxygens (including phenoxy) is 1. The van der Waals surface area contributed by atoms with Crippen LogP contribution in [0.3, 0.4) is 0 Å². The number of likely N-dealkylation sites (N-methyl/N-ethyl adjacent to an activating group) is 1. The molecule has 1 heterocycles. The third-order valence-corrected chi connectivity index (χ3v) is 3.24. The highest BCUT2D eigenvalue weighted by Crippen LogP contribution is 2.14. The fourth-order valence-corrected chi connectivity index (χ4v) is 2.27. The van der Waals surface area contributed by atoms with E-state index < -0.39 is 5.60 Å². The molecule has 0 atom stereocenters. The number of nitrogens with one attached hydrogen (secondary N) is 1. The van der Waals surface area contributed by atoms with Crippen LogP contribution < -0.4 is 5.32 Å². The first-order chi connectivity index (χ1) is 11.3. The lowest BCUT2D eigenvalue weighted by molar-refractivity contribution is 0.0550. The molecular formula is C18H24N2O4. The van der Waals surface area contributed by atoms with Crippen molar-refractivity contribution >= 4 is 11.7 Å². The Balaban J connectivity index is 1.86. The lowest BCUT2D eigenvalue weighted by atomic mass is 10.1. The Morgan fingerprint density at radius 2 is 2.08 bits per heavy atom. The smallest absolute Gasteiger partial charge is 0.321 e. The van der Waals surface area contributed by atoms with Crippen LogP contribution in [-0.4, -0.2) is 35.2 Å². The van der Waals surface area contributed by atoms with E-state index in [1.54, 1.807) is 27.2 Å². The van der Waals surface area contributed by atoms with Crippen LogP contribution in [0.4, 0.5) is 10.5 Å². The Hall–Kier alpha value is -2.31. The van der Waals surface area contributed by atoms with Crippen LogP contribution in [0.1, 0.15) is 25.2 Å². The molecule has 0 fully saturated rings. The summed E-state index contributed by atoms with van der Waals surface area (Å²) in [6.07, 6.45) is 1.61. The second kappa shape index (κ2) is 7.99. The molecule has 0 radical (unpaired) electrons. The fourth-order valence-electron chi connectivity index (χ4n) is 2.27. The predicted octanol–water partition coefficient (Wildman–Crippen LogP) is 3.23. The molecule has 0 aliphatic carbocycles. The summed E-state index contributed by atoms with van der Waals surface area (Å²) in [5.74, 6) is 0.771. The van der Waals surface area contributed by atoms with E-state index in [0.29, 0.717) is 18.9 Å². The van der Waals surface area contributed by atoms with Crippen LogP contribution >= 0.6 is 0 Å². The van der Waals surface area contributed by atoms with Crippen molar-refractivity contribution in [1.82, 2.24) is 4.90 Å². The SMILES string of the molecule is CN(CC(C)(C)O)C(=O)Nc1cccc(COCc2ccco2)c1. The maximum Gasteiger partial charge on any atom is 0.321 e. The zero-order chi connectivity index (χ0) is 17.6. The molecule has 0 saturated carbocycles. The topological polar surface area (TPSA) is 74.9 Å². The third kappa shape index (κ3) is 6.06. The molecule has 0 spiro atoms. The van der Waals surface area contributed by atoms with Gasteiger partial charge in [-0.05, 0) is 43.7 Å². The maximum absolute atomic E-state index is 12.1. The van der Waals surface area contributed by atoms with Crippen LogP contribution in [0, 0.1) is 0 Å². The molecule has 2 rings (SSSR count). The van der Waals surface area contributed by atoms with Crippen LogP contribution in [0.15, 0.2) is 47.1 Å². The van der Waals surface area contributed by atoms with Gasteiger partial charge in [0.05, 0.1) is 25.0 Å². The number of hydrogen-bond acceptors (Lipinski definition) is 4. The van der Waals surface area contributed by atoms with Crippen LogP contribution in [0.5, 0.6) is 0 Å². The number of amides is 2. The summed E-state index contributed by atoms with van der Waals surface area (Å²) < 4.78 is 10.8. The molecule has 130 valence electrons. The van der Waals surface area contributed by atoms with Gasteiger partial charge in [0.2, 0.25) is 0 Å². The highest BCUT2D eigenvalue weighted by atomic mass is 16.5. The van der Waals surface area contributed by atoms with E-state index in [1.807, 2.05) is 36.4 Å². The van der Waals surface area contributed by atoms with Crippen molar-refractivity contribution in [2.45, 2.75) is 32.7 Å². The average molecular weight is 332 g/mol. The van der Waals surface area contributed by atoms with E-state index in [1.165, 1.54) is 4.90 Å². The Kier molecular flexibility index (Phi) is 6.00. The molecule has 0 bridgehead atoms. The number of urea groups is 1. The van der Waals surface area contributed by atoms with Gasteiger partial charge in [-0.15, -0.1) is 0 Å². The zero-order valence-corrected chi connectivity index (χ0v) is 14.3. The number of furan rings is 1. The molecule has 1 aromatic heterocycles. The first kappa shape index (κ1) is 18.0. The molecule has 24 heavy (non-hydrogen) atoms. The number of nitrogens with zero attached hydrogens (tertiary/aromatic N) is 1. The number of rotatable bonds is 7. The van der Waals surface area contributed by atoms with Gasteiger partial charge in [-0.3, -0.25) is 0 Å². The van der Waals surface area contributed by atoms with Gasteiger partial charge in [-0.1, -0.05) is 12.1 Å². The first-order valence-electron chi connectivity index (χ1n) is 7.77. The zero-order valence-electron chi connectivity index (χ0n) is 14.3. The fraction of sp³-hybridized carbons (Fsp3) is 0.389. The lowest BCUT2D eigenvalue weighted by Crippen LogP contribution is -2.41. The van der Waals surface area contributed by atoms with Gasteiger partial charge in [0, 0.05) is 12.7 Å². The predicted molar refractivity (Wildman–Crippen MR) is 91.6 cm³/mol. The number of anilines is 1. The Morgan fingerprint density at radius 1 is 1.29 bits per heavy atom. The Labute approximate surface area is 142 Å². The minimum Gasteiger partial charge on any atom is -0.467 e. The third-order valence-electron chi connectivity index (χ3n) is 3.24. The summed E-state index contributed by atoms with van der Waals surface area (Å²) >= 11 is 0. The number of benzene rings is 1. The lowest BCUT2D eigenvalue weighted by Gasteiger charge is -2.25. The molecule has 2 aromatic rings. The summed E-state index contributed by atoms with van der Waals surface area (Å²) in [4.78, 5) is 13.6. The van der Waals surface area contributed by atoms with E-state index in [-0.39, 0.29) is 12.6 Å². The van der Waals surface area contributed by atoms with E-state index >= 15 is 0 Å². The van der Waals surface area contributed by atoms with Gasteiger partial charge in [0.15, 0.2) is 0 Å². The second-order valence-electron chi connectivity index (χ2n) is 6.37. The van der Waals surface area contributed by atoms with Crippen molar-refractivity contribution in [2.75, 3.05) is 18.9 Å². The van der Waals surface area contributed by atoms with Gasteiger partial charge >= 0.3 is 6.03 Å². The standard InChI is InChI=1S/C18H24N2O4/c1-18(2,22)13-20(3)17(21)19-15-7-4-6-14(10-15)11-23-12-16-8-5-9-24-16/h4-10,22H,11-13H2,1-3H3,(H,19,21). The average Bonchev–Trinajstić information content (AvgIpc) is 2.99. The normalized spacial score (nSPS) is 11.3. The monoisotopic (exact) mass is 332 g/mol. The largest absolute Gasteiger partial charge is 0.467 e. The summed E-state index contributed by atoms with van der Waals surface area (Å²) in [5, 5.41) is 12.6. The molecular weight excluding hydrogens is 308 g/mol.